The van der Waals surface area contributed by atoms with Gasteiger partial charge in [0.25, 0.3) is 0 Å². The molecule has 1 heterocycles. The summed E-state index contributed by atoms with van der Waals surface area (Å²) in [5.41, 5.74) is 5.00. The number of hydrogen-bond donors (Lipinski definition) is 2. The second-order valence-corrected chi connectivity index (χ2v) is 8.35. The van der Waals surface area contributed by atoms with Gasteiger partial charge in [0.15, 0.2) is 11.5 Å². The van der Waals surface area contributed by atoms with Gasteiger partial charge in [0.05, 0.1) is 11.0 Å². The van der Waals surface area contributed by atoms with Gasteiger partial charge in [-0.3, -0.25) is 9.59 Å². The van der Waals surface area contributed by atoms with Crippen LogP contribution in [0, 0.1) is 0 Å². The van der Waals surface area contributed by atoms with Crippen molar-refractivity contribution >= 4 is 17.5 Å². The van der Waals surface area contributed by atoms with E-state index in [-0.39, 0.29) is 27.9 Å². The third kappa shape index (κ3) is 3.93. The minimum Gasteiger partial charge on any atom is -0.454 e. The van der Waals surface area contributed by atoms with E-state index in [1.54, 1.807) is 24.3 Å². The van der Waals surface area contributed by atoms with E-state index in [0.717, 1.165) is 17.7 Å². The van der Waals surface area contributed by atoms with Crippen LogP contribution in [0.15, 0.2) is 60.7 Å². The summed E-state index contributed by atoms with van der Waals surface area (Å²) in [6.45, 7) is 0.0992. The van der Waals surface area contributed by atoms with Gasteiger partial charge < -0.3 is 20.5 Å². The molecule has 2 amide bonds. The lowest BCUT2D eigenvalue weighted by Crippen LogP contribution is -2.28. The number of amides is 2. The average Bonchev–Trinajstić information content (AvgIpc) is 3.49. The molecule has 0 atom stereocenters. The smallest absolute Gasteiger partial charge is 0.416 e. The Morgan fingerprint density at radius 2 is 1.71 bits per heavy atom. The molecular weight excluding hydrogens is 449 g/mol. The molecule has 1 fully saturated rings. The van der Waals surface area contributed by atoms with Crippen LogP contribution in [0.4, 0.5) is 18.9 Å². The van der Waals surface area contributed by atoms with Gasteiger partial charge in [-0.15, -0.1) is 0 Å². The van der Waals surface area contributed by atoms with E-state index in [9.17, 15) is 22.8 Å². The Balaban J connectivity index is 0.00000160. The summed E-state index contributed by atoms with van der Waals surface area (Å²) in [6, 6.07) is 14.5. The number of alkyl halides is 3. The van der Waals surface area contributed by atoms with Crippen molar-refractivity contribution in [1.82, 2.24) is 0 Å². The van der Waals surface area contributed by atoms with Crippen LogP contribution in [0.2, 0.25) is 0 Å². The summed E-state index contributed by atoms with van der Waals surface area (Å²) in [4.78, 5) is 24.7. The zero-order valence-electron chi connectivity index (χ0n) is 17.7. The fourth-order valence-electron chi connectivity index (χ4n) is 4.10. The summed E-state index contributed by atoms with van der Waals surface area (Å²) in [7, 11) is 0. The van der Waals surface area contributed by atoms with Crippen LogP contribution in [-0.2, 0) is 16.4 Å². The largest absolute Gasteiger partial charge is 0.454 e. The summed E-state index contributed by atoms with van der Waals surface area (Å²) < 4.78 is 51.6. The molecule has 3 aromatic carbocycles. The minimum atomic E-state index is -4.63. The molecule has 34 heavy (non-hydrogen) atoms. The first-order valence-electron chi connectivity index (χ1n) is 10.5. The molecule has 2 aliphatic rings. The molecule has 0 spiro atoms. The highest BCUT2D eigenvalue weighted by Gasteiger charge is 2.51. The van der Waals surface area contributed by atoms with Crippen LogP contribution in [0.5, 0.6) is 11.5 Å². The topological polar surface area (TPSA) is 90.7 Å². The summed E-state index contributed by atoms with van der Waals surface area (Å²) in [5, 5.41) is 2.67. The Morgan fingerprint density at radius 1 is 0.941 bits per heavy atom. The van der Waals surface area contributed by atoms with Gasteiger partial charge in [-0.05, 0) is 72.0 Å². The molecule has 5 rings (SSSR count). The summed E-state index contributed by atoms with van der Waals surface area (Å²) >= 11 is 0. The van der Waals surface area contributed by atoms with Crippen LogP contribution >= 0.6 is 0 Å². The lowest BCUT2D eigenvalue weighted by atomic mass is 9.94. The Bertz CT molecular complexity index is 1330. The standard InChI is InChI=1S/C25H19F3N2O4.3H2/c26-25(27,28)18-9-16(14-2-1-3-15(8-14)22(29)31)10-19(11-18)30-23(32)24(6-7-24)17-4-5-20-21(12-17)34-13-33-20;;;/h1-5,8-12H,6-7,13H2,(H2,29,31)(H,30,32);3*1H. The van der Waals surface area contributed by atoms with Crippen molar-refractivity contribution in [2.75, 3.05) is 12.1 Å². The number of benzene rings is 3. The Labute approximate surface area is 196 Å². The predicted octanol–water partition coefficient (Wildman–Crippen LogP) is 5.61. The number of carbonyl (C=O) groups excluding carboxylic acids is 2. The SMILES string of the molecule is NC(=O)c1cccc(-c2cc(NC(=O)C3(c4ccc5c(c4)OCO5)CC3)cc(C(F)(F)F)c2)c1.[HH].[HH].[HH]. The van der Waals surface area contributed by atoms with Crippen LogP contribution in [0.25, 0.3) is 11.1 Å². The molecule has 9 heteroatoms. The molecule has 6 nitrogen and oxygen atoms in total. The number of hydrogen-bond acceptors (Lipinski definition) is 4. The molecule has 1 aliphatic carbocycles. The van der Waals surface area contributed by atoms with Crippen LogP contribution < -0.4 is 20.5 Å². The first-order valence-corrected chi connectivity index (χ1v) is 10.5. The Kier molecular flexibility index (Phi) is 5.00. The van der Waals surface area contributed by atoms with Crippen molar-refractivity contribution in [3.63, 3.8) is 0 Å². The number of anilines is 1. The molecule has 3 aromatic rings. The van der Waals surface area contributed by atoms with Crippen LogP contribution in [-0.4, -0.2) is 18.6 Å². The number of primary amides is 1. The molecule has 0 aromatic heterocycles. The van der Waals surface area contributed by atoms with Crippen molar-refractivity contribution in [3.05, 3.63) is 77.4 Å². The Hall–Kier alpha value is -4.01. The maximum Gasteiger partial charge on any atom is 0.416 e. The number of halogens is 3. The first kappa shape index (κ1) is 21.8. The number of nitrogens with two attached hydrogens (primary N) is 1. The van der Waals surface area contributed by atoms with Crippen molar-refractivity contribution in [3.8, 4) is 22.6 Å². The average molecular weight is 474 g/mol. The van der Waals surface area contributed by atoms with Gasteiger partial charge in [-0.2, -0.15) is 13.2 Å². The molecule has 0 unspecified atom stereocenters. The number of fused-ring (bicyclic) bond motifs is 1. The molecule has 3 N–H and O–H groups in total. The lowest BCUT2D eigenvalue weighted by Gasteiger charge is -2.18. The van der Waals surface area contributed by atoms with Crippen LogP contribution in [0.1, 0.15) is 38.6 Å². The van der Waals surface area contributed by atoms with Gasteiger partial charge in [0.2, 0.25) is 18.6 Å². The number of rotatable bonds is 5. The number of carbonyl (C=O) groups is 2. The van der Waals surface area contributed by atoms with Crippen molar-refractivity contribution < 1.29 is 36.5 Å². The molecule has 0 bridgehead atoms. The van der Waals surface area contributed by atoms with Crippen LogP contribution in [0.3, 0.4) is 0 Å². The summed E-state index contributed by atoms with van der Waals surface area (Å²) in [5.74, 6) is 0.0252. The molecule has 180 valence electrons. The first-order chi connectivity index (χ1) is 16.2. The molecule has 1 aliphatic heterocycles. The van der Waals surface area contributed by atoms with Gasteiger partial charge in [0.1, 0.15) is 0 Å². The Morgan fingerprint density at radius 3 is 2.41 bits per heavy atom. The van der Waals surface area contributed by atoms with Gasteiger partial charge >= 0.3 is 6.18 Å². The zero-order valence-corrected chi connectivity index (χ0v) is 17.7. The normalized spacial score (nSPS) is 15.6. The second-order valence-electron chi connectivity index (χ2n) is 8.35. The molecule has 0 saturated heterocycles. The molecular formula is C25H25F3N2O4. The van der Waals surface area contributed by atoms with Crippen molar-refractivity contribution in [2.24, 2.45) is 5.73 Å². The van der Waals surface area contributed by atoms with E-state index >= 15 is 0 Å². The van der Waals surface area contributed by atoms with Gasteiger partial charge in [-0.1, -0.05) is 18.2 Å². The summed E-state index contributed by atoms with van der Waals surface area (Å²) in [6.07, 6.45) is -3.51. The lowest BCUT2D eigenvalue weighted by molar-refractivity contribution is -0.137. The number of ether oxygens (including phenoxy) is 2. The van der Waals surface area contributed by atoms with E-state index in [2.05, 4.69) is 5.32 Å². The van der Waals surface area contributed by atoms with Gasteiger partial charge in [0, 0.05) is 15.5 Å². The van der Waals surface area contributed by atoms with Crippen molar-refractivity contribution in [2.45, 2.75) is 24.4 Å². The highest BCUT2D eigenvalue weighted by Crippen LogP contribution is 2.51. The van der Waals surface area contributed by atoms with E-state index in [1.165, 1.54) is 24.3 Å². The predicted molar refractivity (Wildman–Crippen MR) is 124 cm³/mol. The molecule has 1 saturated carbocycles. The maximum atomic E-state index is 13.6. The van der Waals surface area contributed by atoms with Gasteiger partial charge in [-0.25, -0.2) is 0 Å². The van der Waals surface area contributed by atoms with E-state index in [0.29, 0.717) is 29.9 Å². The molecule has 0 radical (unpaired) electrons. The third-order valence-electron chi connectivity index (χ3n) is 6.11. The number of nitrogens with one attached hydrogen (secondary N) is 1. The minimum absolute atomic E-state index is 0. The second kappa shape index (κ2) is 7.79. The fourth-order valence-corrected chi connectivity index (χ4v) is 4.10. The maximum absolute atomic E-state index is 13.6. The highest BCUT2D eigenvalue weighted by atomic mass is 19.4. The highest BCUT2D eigenvalue weighted by molar-refractivity contribution is 6.02. The zero-order chi connectivity index (χ0) is 24.1. The van der Waals surface area contributed by atoms with E-state index < -0.39 is 29.0 Å². The third-order valence-corrected chi connectivity index (χ3v) is 6.11. The van der Waals surface area contributed by atoms with Crippen molar-refractivity contribution in [1.29, 1.82) is 0 Å². The van der Waals surface area contributed by atoms with E-state index in [1.807, 2.05) is 0 Å². The van der Waals surface area contributed by atoms with E-state index in [4.69, 9.17) is 15.2 Å². The fraction of sp³-hybridized carbons (Fsp3) is 0.200. The quantitative estimate of drug-likeness (QED) is 0.503. The monoisotopic (exact) mass is 474 g/mol.